The number of nitrogens with zero attached hydrogens (tertiary/aromatic N) is 3. The zero-order valence-electron chi connectivity index (χ0n) is 16.2. The number of hydrogen-bond acceptors (Lipinski definition) is 6. The molecule has 0 aliphatic heterocycles. The van der Waals surface area contributed by atoms with Gasteiger partial charge in [0.2, 0.25) is 0 Å². The molecular weight excluding hydrogens is 374 g/mol. The number of allylic oxidation sites excluding steroid dienone is 1. The molecule has 0 bridgehead atoms. The number of benzene rings is 2. The topological polar surface area (TPSA) is 96.5 Å². The van der Waals surface area contributed by atoms with Gasteiger partial charge in [0.15, 0.2) is 17.3 Å². The zero-order chi connectivity index (χ0) is 21.0. The van der Waals surface area contributed by atoms with Crippen LogP contribution in [0.5, 0.6) is 11.5 Å². The number of ketones is 1. The van der Waals surface area contributed by atoms with Gasteiger partial charge in [-0.25, -0.2) is 4.68 Å². The van der Waals surface area contributed by atoms with Crippen LogP contribution in [-0.4, -0.2) is 34.7 Å². The first-order valence-corrected chi connectivity index (χ1v) is 8.69. The first-order valence-electron chi connectivity index (χ1n) is 8.69. The third kappa shape index (κ3) is 4.01. The first-order chi connectivity index (χ1) is 14.0. The van der Waals surface area contributed by atoms with E-state index in [-0.39, 0.29) is 22.8 Å². The molecule has 1 aromatic heterocycles. The van der Waals surface area contributed by atoms with Gasteiger partial charge >= 0.3 is 0 Å². The van der Waals surface area contributed by atoms with Gasteiger partial charge in [0.1, 0.15) is 0 Å². The molecule has 3 rings (SSSR count). The van der Waals surface area contributed by atoms with Crippen molar-refractivity contribution in [3.05, 3.63) is 81.7 Å². The molecular formula is C21H19N3O5. The van der Waals surface area contributed by atoms with Crippen LogP contribution in [-0.2, 0) is 0 Å². The molecule has 0 unspecified atom stereocenters. The number of hydrogen-bond donors (Lipinski definition) is 0. The summed E-state index contributed by atoms with van der Waals surface area (Å²) in [5.41, 5.74) is 1.96. The molecule has 8 heteroatoms. The monoisotopic (exact) mass is 393 g/mol. The van der Waals surface area contributed by atoms with Gasteiger partial charge in [-0.2, -0.15) is 5.10 Å². The van der Waals surface area contributed by atoms with Crippen LogP contribution < -0.4 is 9.47 Å². The van der Waals surface area contributed by atoms with Crippen LogP contribution in [0.15, 0.2) is 54.7 Å². The highest BCUT2D eigenvalue weighted by Crippen LogP contribution is 2.35. The van der Waals surface area contributed by atoms with Crippen molar-refractivity contribution in [3.63, 3.8) is 0 Å². The van der Waals surface area contributed by atoms with E-state index in [1.54, 1.807) is 11.6 Å². The van der Waals surface area contributed by atoms with Crippen LogP contribution in [0.1, 0.15) is 21.6 Å². The minimum absolute atomic E-state index is 0.191. The minimum Gasteiger partial charge on any atom is -0.493 e. The summed E-state index contributed by atoms with van der Waals surface area (Å²) in [6.07, 6.45) is 4.16. The van der Waals surface area contributed by atoms with Crippen LogP contribution in [0.4, 0.5) is 5.69 Å². The molecule has 0 fully saturated rings. The summed E-state index contributed by atoms with van der Waals surface area (Å²) in [6, 6.07) is 12.2. The summed E-state index contributed by atoms with van der Waals surface area (Å²) in [5.74, 6) is 0.259. The third-order valence-electron chi connectivity index (χ3n) is 4.42. The van der Waals surface area contributed by atoms with E-state index in [0.29, 0.717) is 17.0 Å². The lowest BCUT2D eigenvalue weighted by atomic mass is 10.1. The summed E-state index contributed by atoms with van der Waals surface area (Å²) in [5, 5.41) is 15.7. The van der Waals surface area contributed by atoms with Crippen molar-refractivity contribution in [2.75, 3.05) is 14.2 Å². The van der Waals surface area contributed by atoms with Crippen molar-refractivity contribution in [2.45, 2.75) is 6.92 Å². The second-order valence-corrected chi connectivity index (χ2v) is 6.11. The van der Waals surface area contributed by atoms with Crippen molar-refractivity contribution < 1.29 is 19.2 Å². The Balaban J connectivity index is 1.94. The van der Waals surface area contributed by atoms with Gasteiger partial charge in [0, 0.05) is 0 Å². The van der Waals surface area contributed by atoms with Gasteiger partial charge in [0.05, 0.1) is 53.9 Å². The van der Waals surface area contributed by atoms with Crippen molar-refractivity contribution >= 4 is 17.5 Å². The lowest BCUT2D eigenvalue weighted by Gasteiger charge is -2.08. The van der Waals surface area contributed by atoms with E-state index in [2.05, 4.69) is 5.10 Å². The number of nitro groups is 1. The zero-order valence-corrected chi connectivity index (χ0v) is 16.2. The molecule has 0 saturated carbocycles. The highest BCUT2D eigenvalue weighted by atomic mass is 16.6. The van der Waals surface area contributed by atoms with Crippen molar-refractivity contribution in [1.82, 2.24) is 9.78 Å². The van der Waals surface area contributed by atoms with Gasteiger partial charge in [-0.3, -0.25) is 14.9 Å². The molecule has 0 saturated heterocycles. The third-order valence-corrected chi connectivity index (χ3v) is 4.42. The Morgan fingerprint density at radius 3 is 2.41 bits per heavy atom. The maximum absolute atomic E-state index is 12.7. The molecule has 0 aliphatic rings. The summed E-state index contributed by atoms with van der Waals surface area (Å²) >= 11 is 0. The Bertz CT molecular complexity index is 1090. The number of para-hydroxylation sites is 1. The van der Waals surface area contributed by atoms with E-state index in [9.17, 15) is 14.9 Å². The van der Waals surface area contributed by atoms with Crippen LogP contribution in [0.3, 0.4) is 0 Å². The van der Waals surface area contributed by atoms with Crippen LogP contribution in [0.2, 0.25) is 0 Å². The maximum atomic E-state index is 12.7. The summed E-state index contributed by atoms with van der Waals surface area (Å²) in [6.45, 7) is 1.79. The molecule has 2 aromatic carbocycles. The number of rotatable bonds is 7. The molecule has 29 heavy (non-hydrogen) atoms. The number of ether oxygens (including phenoxy) is 2. The predicted molar refractivity (Wildman–Crippen MR) is 108 cm³/mol. The highest BCUT2D eigenvalue weighted by molar-refractivity contribution is 6.07. The fourth-order valence-electron chi connectivity index (χ4n) is 2.91. The fraction of sp³-hybridized carbons (Fsp3) is 0.143. The Kier molecular flexibility index (Phi) is 5.73. The largest absolute Gasteiger partial charge is 0.493 e. The van der Waals surface area contributed by atoms with Crippen molar-refractivity contribution in [3.8, 4) is 17.2 Å². The van der Waals surface area contributed by atoms with E-state index in [0.717, 1.165) is 5.69 Å². The lowest BCUT2D eigenvalue weighted by molar-refractivity contribution is -0.385. The van der Waals surface area contributed by atoms with Crippen molar-refractivity contribution in [1.29, 1.82) is 0 Å². The number of carbonyl (C=O) groups excluding carboxylic acids is 1. The maximum Gasteiger partial charge on any atom is 0.280 e. The minimum atomic E-state index is -0.537. The van der Waals surface area contributed by atoms with Gasteiger partial charge in [-0.1, -0.05) is 18.2 Å². The molecule has 0 amide bonds. The Morgan fingerprint density at radius 2 is 1.79 bits per heavy atom. The second kappa shape index (κ2) is 8.39. The quantitative estimate of drug-likeness (QED) is 0.260. The number of aromatic nitrogens is 2. The van der Waals surface area contributed by atoms with Gasteiger partial charge in [0.25, 0.3) is 5.69 Å². The summed E-state index contributed by atoms with van der Waals surface area (Å²) in [7, 11) is 2.83. The van der Waals surface area contributed by atoms with Gasteiger partial charge in [-0.05, 0) is 37.3 Å². The molecule has 8 nitrogen and oxygen atoms in total. The predicted octanol–water partition coefficient (Wildman–Crippen LogP) is 4.00. The van der Waals surface area contributed by atoms with Crippen LogP contribution in [0.25, 0.3) is 11.8 Å². The van der Waals surface area contributed by atoms with E-state index < -0.39 is 4.92 Å². The van der Waals surface area contributed by atoms with E-state index in [1.807, 2.05) is 30.3 Å². The Hall–Kier alpha value is -3.94. The average Bonchev–Trinajstić information content (AvgIpc) is 3.13. The smallest absolute Gasteiger partial charge is 0.280 e. The molecule has 0 aliphatic carbocycles. The number of nitro benzene ring substituents is 1. The molecule has 0 N–H and O–H groups in total. The Morgan fingerprint density at radius 1 is 1.14 bits per heavy atom. The summed E-state index contributed by atoms with van der Waals surface area (Å²) < 4.78 is 12.0. The van der Waals surface area contributed by atoms with Crippen LogP contribution >= 0.6 is 0 Å². The van der Waals surface area contributed by atoms with Gasteiger partial charge in [-0.15, -0.1) is 0 Å². The normalized spacial score (nSPS) is 10.9. The molecule has 0 spiro atoms. The highest BCUT2D eigenvalue weighted by Gasteiger charge is 2.19. The van der Waals surface area contributed by atoms with Gasteiger partial charge < -0.3 is 9.47 Å². The van der Waals surface area contributed by atoms with E-state index in [4.69, 9.17) is 9.47 Å². The first kappa shape index (κ1) is 19.8. The second-order valence-electron chi connectivity index (χ2n) is 6.11. The summed E-state index contributed by atoms with van der Waals surface area (Å²) in [4.78, 5) is 23.5. The molecule has 0 radical (unpaired) electrons. The van der Waals surface area contributed by atoms with E-state index in [1.165, 1.54) is 44.7 Å². The number of carbonyl (C=O) groups is 1. The van der Waals surface area contributed by atoms with E-state index >= 15 is 0 Å². The van der Waals surface area contributed by atoms with Crippen molar-refractivity contribution in [2.24, 2.45) is 0 Å². The Labute approximate surface area is 167 Å². The number of methoxy groups -OCH3 is 2. The molecule has 0 atom stereocenters. The lowest BCUT2D eigenvalue weighted by Crippen LogP contribution is -2.01. The molecule has 3 aromatic rings. The van der Waals surface area contributed by atoms with Crippen LogP contribution in [0, 0.1) is 17.0 Å². The SMILES string of the molecule is COc1cc(/C=C/C(=O)c2cnn(-c3ccccc3)c2C)c([N+](=O)[O-])cc1OC. The molecule has 1 heterocycles. The molecule has 148 valence electrons. The standard InChI is InChI=1S/C21H19N3O5/c1-14-17(13-22-23(14)16-7-5-4-6-8-16)19(25)10-9-15-11-20(28-2)21(29-3)12-18(15)24(26)27/h4-13H,1-3H3/b10-9+. The fourth-order valence-corrected chi connectivity index (χ4v) is 2.91. The average molecular weight is 393 g/mol.